The lowest BCUT2D eigenvalue weighted by molar-refractivity contribution is -0.122. The lowest BCUT2D eigenvalue weighted by Gasteiger charge is -2.20. The minimum absolute atomic E-state index is 0.122. The largest absolute Gasteiger partial charge is 0.467 e. The molecule has 122 valence electrons. The highest BCUT2D eigenvalue weighted by molar-refractivity contribution is 5.88. The van der Waals surface area contributed by atoms with Crippen LogP contribution in [-0.4, -0.2) is 39.9 Å². The molecule has 0 bridgehead atoms. The van der Waals surface area contributed by atoms with Crippen molar-refractivity contribution in [1.82, 2.24) is 20.4 Å². The molecule has 9 heteroatoms. The van der Waals surface area contributed by atoms with E-state index >= 15 is 0 Å². The summed E-state index contributed by atoms with van der Waals surface area (Å²) >= 11 is 0. The highest BCUT2D eigenvalue weighted by Crippen LogP contribution is 2.30. The quantitative estimate of drug-likeness (QED) is 0.779. The fraction of sp³-hybridized carbons (Fsp3) is 0.429. The van der Waals surface area contributed by atoms with Crippen molar-refractivity contribution in [1.29, 1.82) is 0 Å². The number of likely N-dealkylation sites (tertiary alicyclic amines) is 1. The van der Waals surface area contributed by atoms with Gasteiger partial charge in [0.05, 0.1) is 25.4 Å². The number of carbonyl (C=O) groups is 2. The molecule has 2 aromatic heterocycles. The Morgan fingerprint density at radius 2 is 2.35 bits per heavy atom. The lowest BCUT2D eigenvalue weighted by Crippen LogP contribution is -2.36. The second kappa shape index (κ2) is 6.61. The molecule has 0 aliphatic carbocycles. The number of nitrogens with one attached hydrogen (secondary N) is 1. The normalized spacial score (nSPS) is 18.2. The smallest absolute Gasteiger partial charge is 0.290 e. The zero-order chi connectivity index (χ0) is 16.2. The molecule has 0 radical (unpaired) electrons. The van der Waals surface area contributed by atoms with Gasteiger partial charge in [-0.05, 0) is 31.5 Å². The van der Waals surface area contributed by atoms with Crippen LogP contribution in [0.1, 0.15) is 41.2 Å². The van der Waals surface area contributed by atoms with E-state index in [4.69, 9.17) is 14.7 Å². The molecule has 0 spiro atoms. The van der Waals surface area contributed by atoms with Crippen molar-refractivity contribution in [3.63, 3.8) is 0 Å². The first-order chi connectivity index (χ1) is 11.1. The van der Waals surface area contributed by atoms with E-state index in [0.717, 1.165) is 19.4 Å². The van der Waals surface area contributed by atoms with Crippen LogP contribution in [0.4, 0.5) is 0 Å². The first-order valence-electron chi connectivity index (χ1n) is 7.30. The third-order valence-corrected chi connectivity index (χ3v) is 3.70. The molecule has 23 heavy (non-hydrogen) atoms. The first kappa shape index (κ1) is 15.2. The topological polar surface area (TPSA) is 127 Å². The van der Waals surface area contributed by atoms with Gasteiger partial charge >= 0.3 is 0 Å². The van der Waals surface area contributed by atoms with Crippen LogP contribution in [-0.2, 0) is 11.3 Å². The molecule has 1 fully saturated rings. The number of nitrogens with zero attached hydrogens (tertiary/aromatic N) is 3. The predicted octanol–water partition coefficient (Wildman–Crippen LogP) is 0.215. The van der Waals surface area contributed by atoms with E-state index in [1.807, 2.05) is 4.90 Å². The summed E-state index contributed by atoms with van der Waals surface area (Å²) in [7, 11) is 0. The average molecular weight is 319 g/mol. The molecule has 2 amide bonds. The van der Waals surface area contributed by atoms with Gasteiger partial charge in [-0.3, -0.25) is 14.5 Å². The van der Waals surface area contributed by atoms with Crippen molar-refractivity contribution >= 4 is 11.8 Å². The Morgan fingerprint density at radius 1 is 1.48 bits per heavy atom. The van der Waals surface area contributed by atoms with Crippen molar-refractivity contribution in [2.24, 2.45) is 5.73 Å². The minimum Gasteiger partial charge on any atom is -0.467 e. The Balaban J connectivity index is 1.57. The van der Waals surface area contributed by atoms with E-state index in [1.165, 1.54) is 0 Å². The molecule has 0 unspecified atom stereocenters. The molecule has 3 N–H and O–H groups in total. The van der Waals surface area contributed by atoms with E-state index in [0.29, 0.717) is 18.2 Å². The molecule has 0 aromatic carbocycles. The summed E-state index contributed by atoms with van der Waals surface area (Å²) in [5.74, 6) is 0.00672. The van der Waals surface area contributed by atoms with E-state index in [-0.39, 0.29) is 24.3 Å². The Hall–Kier alpha value is -2.68. The molecule has 0 saturated carbocycles. The number of aromatic nitrogens is 2. The van der Waals surface area contributed by atoms with Crippen LogP contribution in [0.5, 0.6) is 0 Å². The zero-order valence-electron chi connectivity index (χ0n) is 12.4. The molecule has 1 saturated heterocycles. The molecular formula is C14H17N5O4. The van der Waals surface area contributed by atoms with Crippen LogP contribution in [0.25, 0.3) is 0 Å². The molecule has 9 nitrogen and oxygen atoms in total. The number of rotatable bonds is 6. The van der Waals surface area contributed by atoms with Crippen molar-refractivity contribution < 1.29 is 18.5 Å². The third-order valence-electron chi connectivity index (χ3n) is 3.70. The van der Waals surface area contributed by atoms with Gasteiger partial charge in [0.1, 0.15) is 5.76 Å². The monoisotopic (exact) mass is 319 g/mol. The number of hydrogen-bond acceptors (Lipinski definition) is 7. The Morgan fingerprint density at radius 3 is 3.04 bits per heavy atom. The van der Waals surface area contributed by atoms with Crippen LogP contribution in [0.3, 0.4) is 0 Å². The fourth-order valence-corrected chi connectivity index (χ4v) is 2.60. The maximum Gasteiger partial charge on any atom is 0.290 e. The number of carbonyl (C=O) groups excluding carboxylic acids is 2. The third kappa shape index (κ3) is 3.57. The summed E-state index contributed by atoms with van der Waals surface area (Å²) in [6.45, 7) is 1.30. The zero-order valence-corrected chi connectivity index (χ0v) is 12.4. The van der Waals surface area contributed by atoms with Crippen molar-refractivity contribution in [3.8, 4) is 0 Å². The van der Waals surface area contributed by atoms with Gasteiger partial charge in [0, 0.05) is 0 Å². The van der Waals surface area contributed by atoms with Crippen molar-refractivity contribution in [2.75, 3.05) is 13.1 Å². The van der Waals surface area contributed by atoms with Crippen molar-refractivity contribution in [3.05, 3.63) is 35.9 Å². The van der Waals surface area contributed by atoms with E-state index in [2.05, 4.69) is 15.5 Å². The second-order valence-electron chi connectivity index (χ2n) is 5.31. The molecule has 1 atom stereocenters. The maximum absolute atomic E-state index is 12.0. The molecular weight excluding hydrogens is 302 g/mol. The minimum atomic E-state index is -0.735. The predicted molar refractivity (Wildman–Crippen MR) is 76.9 cm³/mol. The Kier molecular flexibility index (Phi) is 4.38. The van der Waals surface area contributed by atoms with Gasteiger partial charge in [-0.1, -0.05) is 5.16 Å². The fourth-order valence-electron chi connectivity index (χ4n) is 2.60. The van der Waals surface area contributed by atoms with Crippen LogP contribution in [0.15, 0.2) is 27.3 Å². The van der Waals surface area contributed by atoms with Gasteiger partial charge in [0.15, 0.2) is 0 Å². The van der Waals surface area contributed by atoms with Crippen LogP contribution in [0.2, 0.25) is 0 Å². The molecule has 1 aliphatic rings. The van der Waals surface area contributed by atoms with Crippen LogP contribution in [0, 0.1) is 0 Å². The Labute approximate surface area is 131 Å². The number of primary amides is 1. The van der Waals surface area contributed by atoms with E-state index in [9.17, 15) is 9.59 Å². The summed E-state index contributed by atoms with van der Waals surface area (Å²) in [4.78, 5) is 29.0. The van der Waals surface area contributed by atoms with Crippen molar-refractivity contribution in [2.45, 2.75) is 25.4 Å². The van der Waals surface area contributed by atoms with Crippen LogP contribution >= 0.6 is 0 Å². The Bertz CT molecular complexity index is 681. The maximum atomic E-state index is 12.0. The van der Waals surface area contributed by atoms with Crippen LogP contribution < -0.4 is 11.1 Å². The van der Waals surface area contributed by atoms with Gasteiger partial charge in [0.25, 0.3) is 11.7 Å². The second-order valence-corrected chi connectivity index (χ2v) is 5.31. The molecule has 3 heterocycles. The van der Waals surface area contributed by atoms with Gasteiger partial charge in [0.2, 0.25) is 11.8 Å². The summed E-state index contributed by atoms with van der Waals surface area (Å²) in [6.07, 6.45) is 3.25. The van der Waals surface area contributed by atoms with Gasteiger partial charge < -0.3 is 20.0 Å². The highest BCUT2D eigenvalue weighted by atomic mass is 16.5. The first-order valence-corrected chi connectivity index (χ1v) is 7.30. The average Bonchev–Trinajstić information content (AvgIpc) is 3.26. The highest BCUT2D eigenvalue weighted by Gasteiger charge is 2.32. The van der Waals surface area contributed by atoms with Gasteiger partial charge in [-0.25, -0.2) is 0 Å². The number of furan rings is 1. The standard InChI is InChI=1S/C14H17N5O4/c15-12(21)13-17-14(23-18-13)10-4-1-5-19(10)8-11(20)16-7-9-3-2-6-22-9/h2-3,6,10H,1,4-5,7-8H2,(H2,15,21)(H,16,20)/t10-/m1/s1. The summed E-state index contributed by atoms with van der Waals surface area (Å²) in [5.41, 5.74) is 5.12. The number of hydrogen-bond donors (Lipinski definition) is 2. The summed E-state index contributed by atoms with van der Waals surface area (Å²) in [5, 5.41) is 6.34. The summed E-state index contributed by atoms with van der Waals surface area (Å²) in [6, 6.07) is 3.39. The summed E-state index contributed by atoms with van der Waals surface area (Å²) < 4.78 is 10.3. The van der Waals surface area contributed by atoms with Gasteiger partial charge in [-0.2, -0.15) is 4.98 Å². The van der Waals surface area contributed by atoms with E-state index < -0.39 is 5.91 Å². The SMILES string of the molecule is NC(=O)c1noc([C@H]2CCCN2CC(=O)NCc2ccco2)n1. The number of nitrogens with two attached hydrogens (primary N) is 1. The molecule has 3 rings (SSSR count). The molecule has 2 aromatic rings. The van der Waals surface area contributed by atoms with E-state index in [1.54, 1.807) is 18.4 Å². The molecule has 1 aliphatic heterocycles. The lowest BCUT2D eigenvalue weighted by atomic mass is 10.2. The number of amides is 2. The van der Waals surface area contributed by atoms with Gasteiger partial charge in [-0.15, -0.1) is 0 Å².